The first-order chi connectivity index (χ1) is 9.16. The molecule has 0 atom stereocenters. The van der Waals surface area contributed by atoms with E-state index in [0.29, 0.717) is 10.8 Å². The summed E-state index contributed by atoms with van der Waals surface area (Å²) in [6.07, 6.45) is 0. The molecule has 0 saturated carbocycles. The van der Waals surface area contributed by atoms with Crippen LogP contribution in [0.25, 0.3) is 15.6 Å². The van der Waals surface area contributed by atoms with Crippen molar-refractivity contribution in [1.29, 1.82) is 0 Å². The fourth-order valence-corrected chi connectivity index (χ4v) is 2.98. The molecule has 4 nitrogen and oxygen atoms in total. The van der Waals surface area contributed by atoms with E-state index in [1.54, 1.807) is 6.07 Å². The smallest absolute Gasteiger partial charge is 0.320 e. The van der Waals surface area contributed by atoms with Crippen molar-refractivity contribution in [1.82, 2.24) is 0 Å². The lowest BCUT2D eigenvalue weighted by Gasteiger charge is -2.19. The van der Waals surface area contributed by atoms with Crippen LogP contribution >= 0.6 is 23.5 Å². The lowest BCUT2D eigenvalue weighted by molar-refractivity contribution is 0.0559. The molecule has 0 aliphatic carbocycles. The molecule has 0 aliphatic rings. The van der Waals surface area contributed by atoms with Crippen molar-refractivity contribution in [3.8, 4) is 0 Å². The number of halogens is 3. The standard InChI is InChI=1S/C12H7BrF2NO3P/c1-16-9-3-2-7-6-11(13)10(5-8(7)4-9)12(14,15)20(17,18)19/h2-6H,(H2,17,18,19). The van der Waals surface area contributed by atoms with E-state index in [4.69, 9.17) is 16.4 Å². The summed E-state index contributed by atoms with van der Waals surface area (Å²) in [5.74, 6) is 0. The van der Waals surface area contributed by atoms with Crippen molar-refractivity contribution < 1.29 is 23.1 Å². The minimum absolute atomic E-state index is 0.103. The Morgan fingerprint density at radius 3 is 2.40 bits per heavy atom. The van der Waals surface area contributed by atoms with Gasteiger partial charge in [0.1, 0.15) is 0 Å². The Morgan fingerprint density at radius 2 is 1.85 bits per heavy atom. The third-order valence-corrected chi connectivity index (χ3v) is 4.36. The Balaban J connectivity index is 2.75. The van der Waals surface area contributed by atoms with Gasteiger partial charge < -0.3 is 9.79 Å². The van der Waals surface area contributed by atoms with Crippen LogP contribution in [0.1, 0.15) is 5.56 Å². The second-order valence-electron chi connectivity index (χ2n) is 4.06. The monoisotopic (exact) mass is 361 g/mol. The van der Waals surface area contributed by atoms with Gasteiger partial charge in [-0.15, -0.1) is 0 Å². The highest BCUT2D eigenvalue weighted by atomic mass is 79.9. The van der Waals surface area contributed by atoms with Crippen LogP contribution in [0.3, 0.4) is 0 Å². The maximum absolute atomic E-state index is 13.8. The van der Waals surface area contributed by atoms with E-state index >= 15 is 0 Å². The van der Waals surface area contributed by atoms with Gasteiger partial charge in [0.25, 0.3) is 0 Å². The third-order valence-electron chi connectivity index (χ3n) is 2.73. The highest BCUT2D eigenvalue weighted by Gasteiger charge is 2.51. The van der Waals surface area contributed by atoms with Crippen molar-refractivity contribution >= 4 is 40.0 Å². The van der Waals surface area contributed by atoms with Crippen molar-refractivity contribution in [2.45, 2.75) is 5.66 Å². The van der Waals surface area contributed by atoms with Gasteiger partial charge in [-0.25, -0.2) is 4.85 Å². The van der Waals surface area contributed by atoms with E-state index in [-0.39, 0.29) is 10.2 Å². The van der Waals surface area contributed by atoms with Crippen LogP contribution in [0.2, 0.25) is 0 Å². The zero-order valence-electron chi connectivity index (χ0n) is 9.72. The minimum atomic E-state index is -5.64. The first-order valence-corrected chi connectivity index (χ1v) is 7.62. The van der Waals surface area contributed by atoms with Crippen LogP contribution in [0.5, 0.6) is 0 Å². The lowest BCUT2D eigenvalue weighted by atomic mass is 10.1. The SMILES string of the molecule is [C-]#[N+]c1ccc2cc(Br)c(C(F)(F)P(=O)(O)O)cc2c1. The Morgan fingerprint density at radius 1 is 1.20 bits per heavy atom. The van der Waals surface area contributed by atoms with Crippen LogP contribution in [-0.4, -0.2) is 9.79 Å². The average molecular weight is 362 g/mol. The van der Waals surface area contributed by atoms with Crippen molar-refractivity contribution in [2.75, 3.05) is 0 Å². The number of hydrogen-bond acceptors (Lipinski definition) is 1. The first kappa shape index (κ1) is 15.1. The van der Waals surface area contributed by atoms with Crippen LogP contribution in [0.15, 0.2) is 34.8 Å². The Bertz CT molecular complexity index is 782. The number of nitrogens with zero attached hydrogens (tertiary/aromatic N) is 1. The predicted molar refractivity (Wildman–Crippen MR) is 73.8 cm³/mol. The van der Waals surface area contributed by atoms with E-state index in [9.17, 15) is 13.3 Å². The van der Waals surface area contributed by atoms with Gasteiger partial charge in [-0.2, -0.15) is 8.78 Å². The molecule has 0 spiro atoms. The number of alkyl halides is 2. The van der Waals surface area contributed by atoms with E-state index in [1.165, 1.54) is 18.2 Å². The molecular weight excluding hydrogens is 355 g/mol. The molecule has 8 heteroatoms. The van der Waals surface area contributed by atoms with Crippen molar-refractivity contribution in [3.63, 3.8) is 0 Å². The summed E-state index contributed by atoms with van der Waals surface area (Å²) in [4.78, 5) is 20.8. The number of rotatable bonds is 2. The molecule has 0 fully saturated rings. The van der Waals surface area contributed by atoms with Gasteiger partial charge in [-0.3, -0.25) is 4.57 Å². The zero-order chi connectivity index (χ0) is 15.1. The van der Waals surface area contributed by atoms with Crippen LogP contribution in [-0.2, 0) is 10.2 Å². The largest absolute Gasteiger partial charge is 0.399 e. The summed E-state index contributed by atoms with van der Waals surface area (Å²) in [5, 5.41) is 0.888. The maximum atomic E-state index is 13.8. The summed E-state index contributed by atoms with van der Waals surface area (Å²) < 4.78 is 38.4. The van der Waals surface area contributed by atoms with Gasteiger partial charge in [-0.05, 0) is 29.0 Å². The molecule has 0 heterocycles. The highest BCUT2D eigenvalue weighted by molar-refractivity contribution is 9.10. The fourth-order valence-electron chi connectivity index (χ4n) is 1.71. The average Bonchev–Trinajstić information content (AvgIpc) is 2.35. The van der Waals surface area contributed by atoms with Crippen molar-refractivity contribution in [3.05, 3.63) is 51.8 Å². The Hall–Kier alpha value is -1.32. The molecule has 0 bridgehead atoms. The second-order valence-corrected chi connectivity index (χ2v) is 6.56. The van der Waals surface area contributed by atoms with Crippen LogP contribution in [0.4, 0.5) is 14.5 Å². The normalized spacial score (nSPS) is 12.4. The fraction of sp³-hybridized carbons (Fsp3) is 0.0833. The summed E-state index contributed by atoms with van der Waals surface area (Å²) >= 11 is 2.90. The molecule has 0 aliphatic heterocycles. The topological polar surface area (TPSA) is 61.9 Å². The number of benzene rings is 2. The maximum Gasteiger partial charge on any atom is 0.399 e. The number of fused-ring (bicyclic) bond motifs is 1. The molecule has 2 rings (SSSR count). The van der Waals surface area contributed by atoms with Gasteiger partial charge in [0.05, 0.1) is 6.57 Å². The van der Waals surface area contributed by atoms with Gasteiger partial charge >= 0.3 is 13.3 Å². The molecule has 2 N–H and O–H groups in total. The highest BCUT2D eigenvalue weighted by Crippen LogP contribution is 2.60. The molecule has 2 aromatic rings. The first-order valence-electron chi connectivity index (χ1n) is 5.21. The summed E-state index contributed by atoms with van der Waals surface area (Å²) in [7, 11) is -5.64. The van der Waals surface area contributed by atoms with E-state index in [1.807, 2.05) is 0 Å². The molecular formula is C12H7BrF2NO3P. The molecule has 0 aromatic heterocycles. The van der Waals surface area contributed by atoms with Crippen LogP contribution in [0, 0.1) is 6.57 Å². The Labute approximate surface area is 121 Å². The molecule has 0 radical (unpaired) electrons. The summed E-state index contributed by atoms with van der Waals surface area (Å²) in [6.45, 7) is 6.88. The molecule has 20 heavy (non-hydrogen) atoms. The zero-order valence-corrected chi connectivity index (χ0v) is 12.2. The van der Waals surface area contributed by atoms with Gasteiger partial charge in [0.2, 0.25) is 0 Å². The lowest BCUT2D eigenvalue weighted by Crippen LogP contribution is -2.14. The number of hydrogen-bond donors (Lipinski definition) is 2. The molecule has 0 unspecified atom stereocenters. The molecule has 104 valence electrons. The Kier molecular flexibility index (Phi) is 3.69. The van der Waals surface area contributed by atoms with Gasteiger partial charge in [0.15, 0.2) is 5.69 Å². The van der Waals surface area contributed by atoms with Crippen LogP contribution < -0.4 is 0 Å². The molecule has 2 aromatic carbocycles. The van der Waals surface area contributed by atoms with E-state index in [0.717, 1.165) is 6.07 Å². The summed E-state index contributed by atoms with van der Waals surface area (Å²) in [5.41, 5.74) is -4.85. The van der Waals surface area contributed by atoms with Crippen molar-refractivity contribution in [2.24, 2.45) is 0 Å². The van der Waals surface area contributed by atoms with E-state index < -0.39 is 18.8 Å². The van der Waals surface area contributed by atoms with Gasteiger partial charge in [0, 0.05) is 10.0 Å². The van der Waals surface area contributed by atoms with Gasteiger partial charge in [-0.1, -0.05) is 28.1 Å². The molecule has 0 saturated heterocycles. The third kappa shape index (κ3) is 2.48. The minimum Gasteiger partial charge on any atom is -0.320 e. The second kappa shape index (κ2) is 4.90. The predicted octanol–water partition coefficient (Wildman–Crippen LogP) is 4.38. The molecule has 0 amide bonds. The summed E-state index contributed by atoms with van der Waals surface area (Å²) in [6, 6.07) is 6.80. The van der Waals surface area contributed by atoms with E-state index in [2.05, 4.69) is 20.8 Å². The quantitative estimate of drug-likeness (QED) is 0.616.